The van der Waals surface area contributed by atoms with Crippen molar-refractivity contribution in [3.63, 3.8) is 0 Å². The number of anilines is 1. The Hall–Kier alpha value is -1.19. The molecule has 0 spiro atoms. The Kier molecular flexibility index (Phi) is 3.36. The molecule has 3 nitrogen and oxygen atoms in total. The molecule has 3 unspecified atom stereocenters. The van der Waals surface area contributed by atoms with E-state index in [1.165, 1.54) is 25.2 Å². The zero-order chi connectivity index (χ0) is 11.5. The standard InChI is InChI=1S/C12H18FN3/c1-8-3-4-11(9(2)5-8)16-12-14-6-10(13)7-15-12/h6-9,11H,3-5H2,1-2H3,(H,14,15,16). The van der Waals surface area contributed by atoms with Crippen molar-refractivity contribution >= 4 is 5.95 Å². The quantitative estimate of drug-likeness (QED) is 0.837. The van der Waals surface area contributed by atoms with E-state index in [4.69, 9.17) is 0 Å². The van der Waals surface area contributed by atoms with E-state index in [-0.39, 0.29) is 0 Å². The maximum atomic E-state index is 12.6. The maximum absolute atomic E-state index is 12.6. The third-order valence-corrected chi connectivity index (χ3v) is 3.37. The molecule has 88 valence electrons. The van der Waals surface area contributed by atoms with Crippen LogP contribution in [0.2, 0.25) is 0 Å². The average molecular weight is 223 g/mol. The lowest BCUT2D eigenvalue weighted by Gasteiger charge is -2.33. The SMILES string of the molecule is CC1CCC(Nc2ncc(F)cn2)C(C)C1. The topological polar surface area (TPSA) is 37.8 Å². The van der Waals surface area contributed by atoms with Crippen LogP contribution in [-0.4, -0.2) is 16.0 Å². The van der Waals surface area contributed by atoms with E-state index in [1.54, 1.807) is 0 Å². The molecule has 1 N–H and O–H groups in total. The largest absolute Gasteiger partial charge is 0.351 e. The van der Waals surface area contributed by atoms with E-state index in [2.05, 4.69) is 29.1 Å². The van der Waals surface area contributed by atoms with Crippen LogP contribution >= 0.6 is 0 Å². The highest BCUT2D eigenvalue weighted by Crippen LogP contribution is 2.29. The van der Waals surface area contributed by atoms with Crippen LogP contribution in [0.3, 0.4) is 0 Å². The van der Waals surface area contributed by atoms with Gasteiger partial charge in [0, 0.05) is 6.04 Å². The monoisotopic (exact) mass is 223 g/mol. The number of rotatable bonds is 2. The van der Waals surface area contributed by atoms with Crippen LogP contribution in [0.1, 0.15) is 33.1 Å². The van der Waals surface area contributed by atoms with Gasteiger partial charge in [0.2, 0.25) is 5.95 Å². The number of nitrogens with one attached hydrogen (secondary N) is 1. The lowest BCUT2D eigenvalue weighted by Crippen LogP contribution is -2.33. The van der Waals surface area contributed by atoms with E-state index >= 15 is 0 Å². The molecule has 1 heterocycles. The fraction of sp³-hybridized carbons (Fsp3) is 0.667. The fourth-order valence-electron chi connectivity index (χ4n) is 2.43. The summed E-state index contributed by atoms with van der Waals surface area (Å²) < 4.78 is 12.6. The van der Waals surface area contributed by atoms with Crippen molar-refractivity contribution in [1.82, 2.24) is 9.97 Å². The van der Waals surface area contributed by atoms with Crippen LogP contribution in [0.4, 0.5) is 10.3 Å². The van der Waals surface area contributed by atoms with Gasteiger partial charge in [0.25, 0.3) is 0 Å². The molecule has 0 bridgehead atoms. The second kappa shape index (κ2) is 4.76. The molecule has 16 heavy (non-hydrogen) atoms. The van der Waals surface area contributed by atoms with Gasteiger partial charge in [0.05, 0.1) is 12.4 Å². The second-order valence-corrected chi connectivity index (χ2v) is 4.87. The van der Waals surface area contributed by atoms with Crippen LogP contribution < -0.4 is 5.32 Å². The second-order valence-electron chi connectivity index (χ2n) is 4.87. The molecule has 3 atom stereocenters. The van der Waals surface area contributed by atoms with Gasteiger partial charge < -0.3 is 5.32 Å². The number of nitrogens with zero attached hydrogens (tertiary/aromatic N) is 2. The summed E-state index contributed by atoms with van der Waals surface area (Å²) in [6, 6.07) is 0.418. The summed E-state index contributed by atoms with van der Waals surface area (Å²) >= 11 is 0. The summed E-state index contributed by atoms with van der Waals surface area (Å²) in [6.07, 6.45) is 6.02. The average Bonchev–Trinajstić information content (AvgIpc) is 2.25. The van der Waals surface area contributed by atoms with Crippen LogP contribution in [0.25, 0.3) is 0 Å². The van der Waals surface area contributed by atoms with Gasteiger partial charge in [-0.05, 0) is 31.1 Å². The summed E-state index contributed by atoms with van der Waals surface area (Å²) in [5, 5.41) is 3.29. The molecule has 1 aliphatic carbocycles. The predicted molar refractivity (Wildman–Crippen MR) is 61.6 cm³/mol. The van der Waals surface area contributed by atoms with Gasteiger partial charge in [-0.3, -0.25) is 0 Å². The Balaban J connectivity index is 1.96. The smallest absolute Gasteiger partial charge is 0.223 e. The first kappa shape index (κ1) is 11.3. The predicted octanol–water partition coefficient (Wildman–Crippen LogP) is 2.85. The van der Waals surface area contributed by atoms with Gasteiger partial charge >= 0.3 is 0 Å². The summed E-state index contributed by atoms with van der Waals surface area (Å²) in [5.74, 6) is 1.57. The molecule has 0 aromatic carbocycles. The Bertz CT molecular complexity index is 339. The number of hydrogen-bond acceptors (Lipinski definition) is 3. The van der Waals surface area contributed by atoms with E-state index in [0.717, 1.165) is 12.3 Å². The van der Waals surface area contributed by atoms with Crippen molar-refractivity contribution in [3.05, 3.63) is 18.2 Å². The van der Waals surface area contributed by atoms with Crippen molar-refractivity contribution < 1.29 is 4.39 Å². The molecule has 1 saturated carbocycles. The lowest BCUT2D eigenvalue weighted by atomic mass is 9.80. The third kappa shape index (κ3) is 2.68. The van der Waals surface area contributed by atoms with Crippen LogP contribution in [0.15, 0.2) is 12.4 Å². The molecule has 2 rings (SSSR count). The van der Waals surface area contributed by atoms with E-state index in [9.17, 15) is 4.39 Å². The van der Waals surface area contributed by atoms with Crippen molar-refractivity contribution in [1.29, 1.82) is 0 Å². The van der Waals surface area contributed by atoms with Gasteiger partial charge in [-0.2, -0.15) is 0 Å². The Morgan fingerprint density at radius 3 is 2.56 bits per heavy atom. The Morgan fingerprint density at radius 1 is 1.25 bits per heavy atom. The van der Waals surface area contributed by atoms with Gasteiger partial charge in [0.15, 0.2) is 5.82 Å². The molecule has 0 amide bonds. The first-order valence-corrected chi connectivity index (χ1v) is 5.89. The normalized spacial score (nSPS) is 30.1. The summed E-state index contributed by atoms with van der Waals surface area (Å²) in [6.45, 7) is 4.54. The molecule has 0 saturated heterocycles. The summed E-state index contributed by atoms with van der Waals surface area (Å²) in [4.78, 5) is 7.86. The number of halogens is 1. The minimum absolute atomic E-state index is 0.393. The van der Waals surface area contributed by atoms with Crippen molar-refractivity contribution in [2.24, 2.45) is 11.8 Å². The molecule has 1 aromatic rings. The molecular formula is C12H18FN3. The van der Waals surface area contributed by atoms with Gasteiger partial charge in [-0.1, -0.05) is 13.8 Å². The van der Waals surface area contributed by atoms with Crippen molar-refractivity contribution in [2.75, 3.05) is 5.32 Å². The zero-order valence-corrected chi connectivity index (χ0v) is 9.78. The number of aromatic nitrogens is 2. The highest BCUT2D eigenvalue weighted by molar-refractivity contribution is 5.25. The minimum Gasteiger partial charge on any atom is -0.351 e. The van der Waals surface area contributed by atoms with Gasteiger partial charge in [0.1, 0.15) is 0 Å². The molecule has 1 aliphatic rings. The zero-order valence-electron chi connectivity index (χ0n) is 9.78. The van der Waals surface area contributed by atoms with Crippen LogP contribution in [0, 0.1) is 17.7 Å². The minimum atomic E-state index is -0.393. The fourth-order valence-corrected chi connectivity index (χ4v) is 2.43. The highest BCUT2D eigenvalue weighted by atomic mass is 19.1. The maximum Gasteiger partial charge on any atom is 0.223 e. The van der Waals surface area contributed by atoms with E-state index in [1.807, 2.05) is 0 Å². The van der Waals surface area contributed by atoms with Crippen molar-refractivity contribution in [2.45, 2.75) is 39.2 Å². The molecule has 4 heteroatoms. The first-order chi connectivity index (χ1) is 7.65. The van der Waals surface area contributed by atoms with Crippen LogP contribution in [-0.2, 0) is 0 Å². The lowest BCUT2D eigenvalue weighted by molar-refractivity contribution is 0.276. The highest BCUT2D eigenvalue weighted by Gasteiger charge is 2.25. The molecule has 1 aromatic heterocycles. The Labute approximate surface area is 95.5 Å². The first-order valence-electron chi connectivity index (χ1n) is 5.89. The van der Waals surface area contributed by atoms with Gasteiger partial charge in [-0.15, -0.1) is 0 Å². The van der Waals surface area contributed by atoms with Gasteiger partial charge in [-0.25, -0.2) is 14.4 Å². The molecular weight excluding hydrogens is 205 g/mol. The number of hydrogen-bond donors (Lipinski definition) is 1. The summed E-state index contributed by atoms with van der Waals surface area (Å²) in [7, 11) is 0. The van der Waals surface area contributed by atoms with E-state index < -0.39 is 5.82 Å². The van der Waals surface area contributed by atoms with E-state index in [0.29, 0.717) is 17.9 Å². The molecule has 0 aliphatic heterocycles. The molecule has 0 radical (unpaired) electrons. The Morgan fingerprint density at radius 2 is 1.94 bits per heavy atom. The van der Waals surface area contributed by atoms with Crippen LogP contribution in [0.5, 0.6) is 0 Å². The summed E-state index contributed by atoms with van der Waals surface area (Å²) in [5.41, 5.74) is 0. The molecule has 1 fully saturated rings. The van der Waals surface area contributed by atoms with Crippen molar-refractivity contribution in [3.8, 4) is 0 Å². The third-order valence-electron chi connectivity index (χ3n) is 3.37.